The van der Waals surface area contributed by atoms with Crippen molar-refractivity contribution in [3.8, 4) is 5.75 Å². The van der Waals surface area contributed by atoms with Crippen LogP contribution in [0.25, 0.3) is 0 Å². The van der Waals surface area contributed by atoms with Gasteiger partial charge in [-0.15, -0.1) is 23.2 Å². The minimum Gasteiger partial charge on any atom is -0.508 e. The molecule has 0 aliphatic rings. The van der Waals surface area contributed by atoms with Crippen molar-refractivity contribution in [3.63, 3.8) is 0 Å². The predicted molar refractivity (Wildman–Crippen MR) is 71.3 cm³/mol. The second-order valence-electron chi connectivity index (χ2n) is 4.40. The quantitative estimate of drug-likeness (QED) is 0.742. The lowest BCUT2D eigenvalue weighted by atomic mass is 9.90. The van der Waals surface area contributed by atoms with E-state index in [1.807, 2.05) is 13.0 Å². The summed E-state index contributed by atoms with van der Waals surface area (Å²) in [6.07, 6.45) is -0.141. The summed E-state index contributed by atoms with van der Waals surface area (Å²) in [5, 5.41) is 19.0. The molecule has 0 spiro atoms. The van der Waals surface area contributed by atoms with E-state index in [1.54, 1.807) is 13.0 Å². The molecule has 0 heterocycles. The molecule has 1 rings (SSSR count). The van der Waals surface area contributed by atoms with Crippen LogP contribution in [0.3, 0.4) is 0 Å². The molecule has 1 aromatic carbocycles. The van der Waals surface area contributed by atoms with E-state index >= 15 is 0 Å². The minimum atomic E-state index is -1.83. The van der Waals surface area contributed by atoms with Crippen LogP contribution in [-0.2, 0) is 11.2 Å². The summed E-state index contributed by atoms with van der Waals surface area (Å²) in [7, 11) is 0. The van der Waals surface area contributed by atoms with Crippen LogP contribution in [0.4, 0.5) is 0 Å². The van der Waals surface area contributed by atoms with Crippen molar-refractivity contribution in [1.82, 2.24) is 0 Å². The second kappa shape index (κ2) is 5.34. The van der Waals surface area contributed by atoms with Gasteiger partial charge in [-0.2, -0.15) is 0 Å². The fourth-order valence-corrected chi connectivity index (χ4v) is 2.08. The van der Waals surface area contributed by atoms with Crippen LogP contribution in [-0.4, -0.2) is 26.6 Å². The highest BCUT2D eigenvalue weighted by Gasteiger charge is 2.41. The summed E-state index contributed by atoms with van der Waals surface area (Å²) in [4.78, 5) is 9.90. The van der Waals surface area contributed by atoms with Crippen molar-refractivity contribution in [2.24, 2.45) is 5.73 Å². The third-order valence-corrected chi connectivity index (χ3v) is 3.63. The molecular formula is C12H15Cl2NO3. The minimum absolute atomic E-state index is 0.00226. The number of carboxylic acid groups (broad SMARTS) is 1. The van der Waals surface area contributed by atoms with Gasteiger partial charge in [-0.3, -0.25) is 4.79 Å². The topological polar surface area (TPSA) is 83.6 Å². The first-order valence-electron chi connectivity index (χ1n) is 5.28. The number of benzene rings is 1. The van der Waals surface area contributed by atoms with Gasteiger partial charge < -0.3 is 15.9 Å². The van der Waals surface area contributed by atoms with Gasteiger partial charge in [-0.1, -0.05) is 6.07 Å². The van der Waals surface area contributed by atoms with Gasteiger partial charge in [0, 0.05) is 6.42 Å². The van der Waals surface area contributed by atoms with Gasteiger partial charge in [0.15, 0.2) is 0 Å². The summed E-state index contributed by atoms with van der Waals surface area (Å²) >= 11 is 11.3. The van der Waals surface area contributed by atoms with Crippen LogP contribution >= 0.6 is 23.2 Å². The summed E-state index contributed by atoms with van der Waals surface area (Å²) < 4.78 is 0. The molecule has 4 N–H and O–H groups in total. The van der Waals surface area contributed by atoms with Gasteiger partial charge in [-0.25, -0.2) is 0 Å². The van der Waals surface area contributed by atoms with Crippen LogP contribution in [0.15, 0.2) is 12.1 Å². The van der Waals surface area contributed by atoms with E-state index in [0.717, 1.165) is 11.1 Å². The predicted octanol–water partition coefficient (Wildman–Crippen LogP) is 2.14. The Labute approximate surface area is 115 Å². The first-order valence-corrected chi connectivity index (χ1v) is 6.15. The number of aryl methyl sites for hydroxylation is 2. The van der Waals surface area contributed by atoms with Crippen molar-refractivity contribution in [1.29, 1.82) is 0 Å². The molecule has 0 aliphatic carbocycles. The Morgan fingerprint density at radius 3 is 2.39 bits per heavy atom. The lowest BCUT2D eigenvalue weighted by Gasteiger charge is -2.27. The number of halogens is 2. The molecule has 0 fully saturated rings. The molecule has 6 heteroatoms. The molecular weight excluding hydrogens is 277 g/mol. The Morgan fingerprint density at radius 1 is 1.44 bits per heavy atom. The SMILES string of the molecule is Cc1cc(C)c(CC(N)(C(=O)O)C(Cl)Cl)c(O)c1. The van der Waals surface area contributed by atoms with E-state index < -0.39 is 16.3 Å². The molecule has 0 radical (unpaired) electrons. The van der Waals surface area contributed by atoms with Crippen molar-refractivity contribution in [2.45, 2.75) is 30.6 Å². The van der Waals surface area contributed by atoms with Crippen LogP contribution < -0.4 is 5.73 Å². The highest BCUT2D eigenvalue weighted by molar-refractivity contribution is 6.46. The van der Waals surface area contributed by atoms with E-state index in [2.05, 4.69) is 0 Å². The second-order valence-corrected chi connectivity index (χ2v) is 5.50. The normalized spacial score (nSPS) is 14.6. The maximum absolute atomic E-state index is 11.2. The molecule has 0 aromatic heterocycles. The number of hydrogen-bond donors (Lipinski definition) is 3. The number of aromatic hydroxyl groups is 1. The fraction of sp³-hybridized carbons (Fsp3) is 0.417. The molecule has 100 valence electrons. The number of nitrogens with two attached hydrogens (primary N) is 1. The molecule has 0 saturated carbocycles. The zero-order valence-corrected chi connectivity index (χ0v) is 11.6. The standard InChI is InChI=1S/C12H15Cl2NO3/c1-6-3-7(2)8(9(16)4-6)5-12(15,10(13)14)11(17)18/h3-4,10,16H,5,15H2,1-2H3,(H,17,18). The van der Waals surface area contributed by atoms with E-state index in [-0.39, 0.29) is 12.2 Å². The molecule has 18 heavy (non-hydrogen) atoms. The Kier molecular flexibility index (Phi) is 4.48. The van der Waals surface area contributed by atoms with Gasteiger partial charge in [0.1, 0.15) is 16.1 Å². The van der Waals surface area contributed by atoms with E-state index in [1.165, 1.54) is 0 Å². The van der Waals surface area contributed by atoms with Crippen molar-refractivity contribution in [2.75, 3.05) is 0 Å². The fourth-order valence-electron chi connectivity index (χ4n) is 1.74. The molecule has 0 aliphatic heterocycles. The van der Waals surface area contributed by atoms with Crippen molar-refractivity contribution in [3.05, 3.63) is 28.8 Å². The maximum Gasteiger partial charge on any atom is 0.326 e. The third-order valence-electron chi connectivity index (χ3n) is 2.85. The van der Waals surface area contributed by atoms with E-state index in [4.69, 9.17) is 34.0 Å². The number of carbonyl (C=O) groups is 1. The zero-order valence-electron chi connectivity index (χ0n) is 10.1. The molecule has 0 amide bonds. The average Bonchev–Trinajstić information content (AvgIpc) is 2.22. The van der Waals surface area contributed by atoms with Crippen LogP contribution in [0.5, 0.6) is 5.75 Å². The summed E-state index contributed by atoms with van der Waals surface area (Å²) in [6.45, 7) is 3.59. The van der Waals surface area contributed by atoms with Crippen LogP contribution in [0.1, 0.15) is 16.7 Å². The number of hydrogen-bond acceptors (Lipinski definition) is 3. The summed E-state index contributed by atoms with van der Waals surface area (Å²) in [5.41, 5.74) is 5.95. The number of phenolic OH excluding ortho intramolecular Hbond substituents is 1. The Hall–Kier alpha value is -0.970. The summed E-state index contributed by atoms with van der Waals surface area (Å²) in [6, 6.07) is 3.37. The van der Waals surface area contributed by atoms with Gasteiger partial charge in [0.2, 0.25) is 0 Å². The van der Waals surface area contributed by atoms with Crippen molar-refractivity contribution < 1.29 is 15.0 Å². The Balaban J connectivity index is 3.21. The number of carboxylic acids is 1. The van der Waals surface area contributed by atoms with E-state index in [9.17, 15) is 9.90 Å². The molecule has 1 unspecified atom stereocenters. The first kappa shape index (κ1) is 15.1. The highest BCUT2D eigenvalue weighted by atomic mass is 35.5. The third kappa shape index (κ3) is 2.88. The Morgan fingerprint density at radius 2 is 2.00 bits per heavy atom. The lowest BCUT2D eigenvalue weighted by molar-refractivity contribution is -0.142. The average molecular weight is 292 g/mol. The zero-order chi connectivity index (χ0) is 14.1. The number of rotatable bonds is 4. The number of phenols is 1. The first-order chi connectivity index (χ1) is 8.18. The molecule has 1 atom stereocenters. The van der Waals surface area contributed by atoms with Gasteiger partial charge in [0.25, 0.3) is 0 Å². The lowest BCUT2D eigenvalue weighted by Crippen LogP contribution is -2.55. The molecule has 1 aromatic rings. The number of alkyl halides is 2. The van der Waals surface area contributed by atoms with Crippen molar-refractivity contribution >= 4 is 29.2 Å². The maximum atomic E-state index is 11.2. The van der Waals surface area contributed by atoms with Crippen LogP contribution in [0, 0.1) is 13.8 Å². The molecule has 0 bridgehead atoms. The Bertz CT molecular complexity index is 453. The van der Waals surface area contributed by atoms with Crippen LogP contribution in [0.2, 0.25) is 0 Å². The smallest absolute Gasteiger partial charge is 0.326 e. The van der Waals surface area contributed by atoms with Gasteiger partial charge in [0.05, 0.1) is 0 Å². The number of aliphatic carboxylic acids is 1. The summed E-state index contributed by atoms with van der Waals surface area (Å²) in [5.74, 6) is -1.31. The molecule has 4 nitrogen and oxygen atoms in total. The largest absolute Gasteiger partial charge is 0.508 e. The van der Waals surface area contributed by atoms with Gasteiger partial charge >= 0.3 is 5.97 Å². The molecule has 0 saturated heterocycles. The highest BCUT2D eigenvalue weighted by Crippen LogP contribution is 2.30. The van der Waals surface area contributed by atoms with Gasteiger partial charge in [-0.05, 0) is 36.6 Å². The monoisotopic (exact) mass is 291 g/mol. The van der Waals surface area contributed by atoms with E-state index in [0.29, 0.717) is 5.56 Å².